The first-order valence-corrected chi connectivity index (χ1v) is 6.15. The van der Waals surface area contributed by atoms with Crippen LogP contribution in [0, 0.1) is 0 Å². The van der Waals surface area contributed by atoms with Gasteiger partial charge in [0.15, 0.2) is 0 Å². The van der Waals surface area contributed by atoms with Gasteiger partial charge < -0.3 is 15.0 Å². The highest BCUT2D eigenvalue weighted by Gasteiger charge is 2.42. The summed E-state index contributed by atoms with van der Waals surface area (Å²) < 4.78 is 31.3. The van der Waals surface area contributed by atoms with Crippen molar-refractivity contribution in [1.29, 1.82) is 0 Å². The van der Waals surface area contributed by atoms with Crippen molar-refractivity contribution >= 4 is 5.91 Å². The fourth-order valence-electron chi connectivity index (χ4n) is 2.23. The van der Waals surface area contributed by atoms with Crippen molar-refractivity contribution in [2.45, 2.75) is 24.5 Å². The Morgan fingerprint density at radius 2 is 2.39 bits per heavy atom. The molecule has 5 nitrogen and oxygen atoms in total. The van der Waals surface area contributed by atoms with E-state index in [4.69, 9.17) is 4.74 Å². The molecule has 104 valence electrons. The first-order valence-electron chi connectivity index (χ1n) is 6.15. The second kappa shape index (κ2) is 5.46. The summed E-state index contributed by atoms with van der Waals surface area (Å²) in [5.74, 6) is -3.15. The molecular formula is C11H19F2N3O2. The standard InChI is InChI=1S/C11H19F2N3O2/c1-16-2-3-18-8(6-16)5-14-10(17)9-4-11(12,13)7-15-9/h8-9,15H,2-7H2,1H3,(H,14,17). The molecule has 2 atom stereocenters. The Kier molecular flexibility index (Phi) is 4.14. The number of carbonyl (C=O) groups is 1. The van der Waals surface area contributed by atoms with Crippen LogP contribution in [0.25, 0.3) is 0 Å². The maximum atomic E-state index is 12.9. The third-order valence-corrected chi connectivity index (χ3v) is 3.27. The molecule has 18 heavy (non-hydrogen) atoms. The first-order chi connectivity index (χ1) is 8.46. The fourth-order valence-corrected chi connectivity index (χ4v) is 2.23. The molecular weight excluding hydrogens is 244 g/mol. The number of alkyl halides is 2. The number of hydrogen-bond acceptors (Lipinski definition) is 4. The summed E-state index contributed by atoms with van der Waals surface area (Å²) in [4.78, 5) is 13.8. The van der Waals surface area contributed by atoms with Gasteiger partial charge in [0.2, 0.25) is 5.91 Å². The molecule has 2 N–H and O–H groups in total. The SMILES string of the molecule is CN1CCOC(CNC(=O)C2CC(F)(F)CN2)C1. The Morgan fingerprint density at radius 3 is 3.00 bits per heavy atom. The van der Waals surface area contributed by atoms with Crippen LogP contribution in [0.15, 0.2) is 0 Å². The van der Waals surface area contributed by atoms with Crippen LogP contribution in [-0.2, 0) is 9.53 Å². The molecule has 0 saturated carbocycles. The molecule has 2 rings (SSSR count). The third-order valence-electron chi connectivity index (χ3n) is 3.27. The molecule has 0 aliphatic carbocycles. The average molecular weight is 263 g/mol. The number of likely N-dealkylation sites (N-methyl/N-ethyl adjacent to an activating group) is 1. The minimum absolute atomic E-state index is 0.0605. The molecule has 2 heterocycles. The lowest BCUT2D eigenvalue weighted by Crippen LogP contribution is -2.48. The lowest BCUT2D eigenvalue weighted by molar-refractivity contribution is -0.124. The van der Waals surface area contributed by atoms with Crippen molar-refractivity contribution in [2.75, 3.05) is 39.8 Å². The number of amides is 1. The normalized spacial score (nSPS) is 32.4. The van der Waals surface area contributed by atoms with Gasteiger partial charge in [-0.1, -0.05) is 0 Å². The quantitative estimate of drug-likeness (QED) is 0.716. The number of ether oxygens (including phenoxy) is 1. The second-order valence-electron chi connectivity index (χ2n) is 4.99. The molecule has 2 unspecified atom stereocenters. The number of carbonyl (C=O) groups excluding carboxylic acids is 1. The predicted molar refractivity (Wildman–Crippen MR) is 61.6 cm³/mol. The molecule has 2 aliphatic heterocycles. The number of rotatable bonds is 3. The summed E-state index contributed by atoms with van der Waals surface area (Å²) in [5.41, 5.74) is 0. The van der Waals surface area contributed by atoms with Gasteiger partial charge >= 0.3 is 0 Å². The van der Waals surface area contributed by atoms with Crippen molar-refractivity contribution in [3.63, 3.8) is 0 Å². The summed E-state index contributed by atoms with van der Waals surface area (Å²) >= 11 is 0. The van der Waals surface area contributed by atoms with Crippen LogP contribution < -0.4 is 10.6 Å². The van der Waals surface area contributed by atoms with Gasteiger partial charge in [-0.25, -0.2) is 8.78 Å². The van der Waals surface area contributed by atoms with Crippen LogP contribution in [0.3, 0.4) is 0 Å². The number of morpholine rings is 1. The van der Waals surface area contributed by atoms with E-state index in [2.05, 4.69) is 15.5 Å². The minimum Gasteiger partial charge on any atom is -0.374 e. The Hall–Kier alpha value is -0.790. The van der Waals surface area contributed by atoms with Gasteiger partial charge in [0.1, 0.15) is 0 Å². The van der Waals surface area contributed by atoms with Crippen LogP contribution >= 0.6 is 0 Å². The maximum Gasteiger partial charge on any atom is 0.262 e. The van der Waals surface area contributed by atoms with Gasteiger partial charge in [0, 0.05) is 26.1 Å². The zero-order valence-electron chi connectivity index (χ0n) is 10.4. The molecule has 0 bridgehead atoms. The Balaban J connectivity index is 1.72. The summed E-state index contributed by atoms with van der Waals surface area (Å²) in [6.07, 6.45) is -0.487. The van der Waals surface area contributed by atoms with Gasteiger partial charge in [0.25, 0.3) is 5.92 Å². The Bertz CT molecular complexity index is 315. The van der Waals surface area contributed by atoms with Gasteiger partial charge in [-0.15, -0.1) is 0 Å². The van der Waals surface area contributed by atoms with E-state index in [0.717, 1.165) is 13.1 Å². The maximum absolute atomic E-state index is 12.9. The van der Waals surface area contributed by atoms with Crippen molar-refractivity contribution in [3.8, 4) is 0 Å². The van der Waals surface area contributed by atoms with E-state index < -0.39 is 24.9 Å². The molecule has 2 fully saturated rings. The Morgan fingerprint density at radius 1 is 1.61 bits per heavy atom. The van der Waals surface area contributed by atoms with E-state index in [1.165, 1.54) is 0 Å². The van der Waals surface area contributed by atoms with E-state index in [1.807, 2.05) is 7.05 Å². The van der Waals surface area contributed by atoms with Crippen molar-refractivity contribution < 1.29 is 18.3 Å². The highest BCUT2D eigenvalue weighted by molar-refractivity contribution is 5.82. The monoisotopic (exact) mass is 263 g/mol. The minimum atomic E-state index is -2.77. The average Bonchev–Trinajstić information content (AvgIpc) is 2.67. The van der Waals surface area contributed by atoms with Crippen LogP contribution in [0.4, 0.5) is 8.78 Å². The lowest BCUT2D eigenvalue weighted by Gasteiger charge is -2.30. The van der Waals surface area contributed by atoms with Crippen molar-refractivity contribution in [2.24, 2.45) is 0 Å². The van der Waals surface area contributed by atoms with Crippen LogP contribution in [-0.4, -0.2) is 68.7 Å². The smallest absolute Gasteiger partial charge is 0.262 e. The predicted octanol–water partition coefficient (Wildman–Crippen LogP) is -0.570. The van der Waals surface area contributed by atoms with E-state index in [1.54, 1.807) is 0 Å². The fraction of sp³-hybridized carbons (Fsp3) is 0.909. The highest BCUT2D eigenvalue weighted by atomic mass is 19.3. The molecule has 0 aromatic heterocycles. The first kappa shape index (κ1) is 13.6. The number of nitrogens with one attached hydrogen (secondary N) is 2. The summed E-state index contributed by atoms with van der Waals surface area (Å²) in [5, 5.41) is 5.20. The molecule has 2 saturated heterocycles. The molecule has 1 amide bonds. The number of nitrogens with zero attached hydrogens (tertiary/aromatic N) is 1. The van der Waals surface area contributed by atoms with E-state index in [-0.39, 0.29) is 12.0 Å². The summed E-state index contributed by atoms with van der Waals surface area (Å²) in [6, 6.07) is -0.790. The molecule has 7 heteroatoms. The largest absolute Gasteiger partial charge is 0.374 e. The van der Waals surface area contributed by atoms with Gasteiger partial charge in [0.05, 0.1) is 25.3 Å². The molecule has 0 radical (unpaired) electrons. The van der Waals surface area contributed by atoms with Crippen molar-refractivity contribution in [1.82, 2.24) is 15.5 Å². The molecule has 2 aliphatic rings. The zero-order chi connectivity index (χ0) is 13.2. The second-order valence-corrected chi connectivity index (χ2v) is 4.99. The molecule has 0 aromatic carbocycles. The van der Waals surface area contributed by atoms with E-state index in [0.29, 0.717) is 13.2 Å². The summed E-state index contributed by atoms with van der Waals surface area (Å²) in [7, 11) is 1.98. The van der Waals surface area contributed by atoms with E-state index >= 15 is 0 Å². The highest BCUT2D eigenvalue weighted by Crippen LogP contribution is 2.24. The molecule has 0 spiro atoms. The van der Waals surface area contributed by atoms with Crippen LogP contribution in [0.5, 0.6) is 0 Å². The van der Waals surface area contributed by atoms with E-state index in [9.17, 15) is 13.6 Å². The van der Waals surface area contributed by atoms with Crippen molar-refractivity contribution in [3.05, 3.63) is 0 Å². The van der Waals surface area contributed by atoms with Crippen LogP contribution in [0.1, 0.15) is 6.42 Å². The van der Waals surface area contributed by atoms with Gasteiger partial charge in [-0.3, -0.25) is 10.1 Å². The topological polar surface area (TPSA) is 53.6 Å². The molecule has 0 aromatic rings. The lowest BCUT2D eigenvalue weighted by atomic mass is 10.2. The number of hydrogen-bond donors (Lipinski definition) is 2. The third kappa shape index (κ3) is 3.60. The zero-order valence-corrected chi connectivity index (χ0v) is 10.4. The number of halogens is 2. The van der Waals surface area contributed by atoms with Gasteiger partial charge in [-0.2, -0.15) is 0 Å². The van der Waals surface area contributed by atoms with Crippen LogP contribution in [0.2, 0.25) is 0 Å². The summed E-state index contributed by atoms with van der Waals surface area (Å²) in [6.45, 7) is 2.20. The Labute approximate surface area is 105 Å². The van der Waals surface area contributed by atoms with Gasteiger partial charge in [-0.05, 0) is 7.05 Å².